The van der Waals surface area contributed by atoms with Crippen LogP contribution in [0.4, 0.5) is 0 Å². The molecule has 0 aromatic carbocycles. The van der Waals surface area contributed by atoms with Crippen LogP contribution in [0.3, 0.4) is 0 Å². The molecular formula is C16H29N5. The average molecular weight is 291 g/mol. The van der Waals surface area contributed by atoms with Crippen molar-refractivity contribution in [1.29, 1.82) is 0 Å². The fourth-order valence-electron chi connectivity index (χ4n) is 3.74. The Labute approximate surface area is 128 Å². The van der Waals surface area contributed by atoms with E-state index < -0.39 is 0 Å². The first-order valence-corrected chi connectivity index (χ1v) is 8.59. The van der Waals surface area contributed by atoms with Crippen LogP contribution in [0.1, 0.15) is 57.8 Å². The minimum Gasteiger partial charge on any atom is -0.314 e. The molecule has 5 heteroatoms. The van der Waals surface area contributed by atoms with Gasteiger partial charge in [0.25, 0.3) is 0 Å². The number of nitrogens with zero attached hydrogens (tertiary/aromatic N) is 5. The molecule has 21 heavy (non-hydrogen) atoms. The Bertz CT molecular complexity index is 428. The summed E-state index contributed by atoms with van der Waals surface area (Å²) in [5, 5.41) is 8.37. The molecule has 118 valence electrons. The first-order valence-electron chi connectivity index (χ1n) is 8.59. The molecule has 1 saturated carbocycles. The normalized spacial score (nSPS) is 23.0. The van der Waals surface area contributed by atoms with Gasteiger partial charge in [-0.15, -0.1) is 10.2 Å². The lowest BCUT2D eigenvalue weighted by molar-refractivity contribution is 0.0735. The Morgan fingerprint density at radius 2 is 1.81 bits per heavy atom. The number of hydrogen-bond acceptors (Lipinski definition) is 4. The highest BCUT2D eigenvalue weighted by Gasteiger charge is 2.25. The lowest BCUT2D eigenvalue weighted by Gasteiger charge is -2.40. The molecule has 0 bridgehead atoms. The Kier molecular flexibility index (Phi) is 4.91. The van der Waals surface area contributed by atoms with Crippen molar-refractivity contribution < 1.29 is 0 Å². The second-order valence-corrected chi connectivity index (χ2v) is 6.85. The van der Waals surface area contributed by atoms with E-state index in [0.29, 0.717) is 6.04 Å². The molecule has 2 heterocycles. The topological polar surface area (TPSA) is 37.2 Å². The summed E-state index contributed by atoms with van der Waals surface area (Å²) < 4.78 is 2.19. The van der Waals surface area contributed by atoms with Crippen molar-refractivity contribution in [2.45, 2.75) is 64.6 Å². The fraction of sp³-hybridized carbons (Fsp3) is 0.875. The average Bonchev–Trinajstić information content (AvgIpc) is 2.97. The lowest BCUT2D eigenvalue weighted by Crippen LogP contribution is -2.50. The van der Waals surface area contributed by atoms with Crippen molar-refractivity contribution in [2.75, 3.05) is 26.2 Å². The highest BCUT2D eigenvalue weighted by atomic mass is 15.3. The summed E-state index contributed by atoms with van der Waals surface area (Å²) in [5.74, 6) is 1.11. The van der Waals surface area contributed by atoms with Crippen LogP contribution in [0.5, 0.6) is 0 Å². The van der Waals surface area contributed by atoms with Gasteiger partial charge in [-0.1, -0.05) is 19.3 Å². The first kappa shape index (κ1) is 15.0. The van der Waals surface area contributed by atoms with E-state index in [9.17, 15) is 0 Å². The Balaban J connectivity index is 1.50. The van der Waals surface area contributed by atoms with Gasteiger partial charge in [0.1, 0.15) is 12.2 Å². The highest BCUT2D eigenvalue weighted by Crippen LogP contribution is 2.23. The van der Waals surface area contributed by atoms with Crippen LogP contribution in [-0.2, 0) is 6.54 Å². The zero-order valence-corrected chi connectivity index (χ0v) is 13.5. The van der Waals surface area contributed by atoms with Gasteiger partial charge < -0.3 is 4.57 Å². The maximum atomic E-state index is 4.30. The lowest BCUT2D eigenvalue weighted by atomic mass is 9.94. The molecule has 0 radical (unpaired) electrons. The van der Waals surface area contributed by atoms with Crippen molar-refractivity contribution >= 4 is 0 Å². The van der Waals surface area contributed by atoms with Crippen molar-refractivity contribution in [3.63, 3.8) is 0 Å². The van der Waals surface area contributed by atoms with Crippen molar-refractivity contribution in [2.24, 2.45) is 0 Å². The van der Waals surface area contributed by atoms with Gasteiger partial charge >= 0.3 is 0 Å². The molecular weight excluding hydrogens is 262 g/mol. The van der Waals surface area contributed by atoms with Crippen molar-refractivity contribution in [1.82, 2.24) is 24.6 Å². The Morgan fingerprint density at radius 3 is 2.48 bits per heavy atom. The van der Waals surface area contributed by atoms with Gasteiger partial charge in [0.2, 0.25) is 0 Å². The van der Waals surface area contributed by atoms with E-state index in [-0.39, 0.29) is 0 Å². The highest BCUT2D eigenvalue weighted by molar-refractivity contribution is 4.90. The third-order valence-corrected chi connectivity index (χ3v) is 5.07. The fourth-order valence-corrected chi connectivity index (χ4v) is 3.74. The quantitative estimate of drug-likeness (QED) is 0.853. The van der Waals surface area contributed by atoms with E-state index in [0.717, 1.165) is 18.4 Å². The SMILES string of the molecule is CC(C)n1cnnc1CN1CCN(C2CCCCC2)CC1. The van der Waals surface area contributed by atoms with Gasteiger partial charge in [-0.2, -0.15) is 0 Å². The number of piperazine rings is 1. The molecule has 0 unspecified atom stereocenters. The van der Waals surface area contributed by atoms with Crippen LogP contribution in [-0.4, -0.2) is 56.8 Å². The van der Waals surface area contributed by atoms with Gasteiger partial charge in [0.15, 0.2) is 0 Å². The van der Waals surface area contributed by atoms with E-state index >= 15 is 0 Å². The number of rotatable bonds is 4. The zero-order chi connectivity index (χ0) is 14.7. The van der Waals surface area contributed by atoms with Gasteiger partial charge in [-0.3, -0.25) is 9.80 Å². The molecule has 1 saturated heterocycles. The molecule has 1 aliphatic heterocycles. The van der Waals surface area contributed by atoms with Gasteiger partial charge in [-0.25, -0.2) is 0 Å². The minimum absolute atomic E-state index is 0.443. The number of aromatic nitrogens is 3. The van der Waals surface area contributed by atoms with E-state index in [2.05, 4.69) is 38.4 Å². The molecule has 1 aromatic heterocycles. The Hall–Kier alpha value is -0.940. The third-order valence-electron chi connectivity index (χ3n) is 5.07. The molecule has 1 aliphatic carbocycles. The largest absolute Gasteiger partial charge is 0.314 e. The summed E-state index contributed by atoms with van der Waals surface area (Å²) in [4.78, 5) is 5.26. The van der Waals surface area contributed by atoms with Crippen molar-refractivity contribution in [3.05, 3.63) is 12.2 Å². The molecule has 1 aromatic rings. The summed E-state index contributed by atoms with van der Waals surface area (Å²) in [7, 11) is 0. The summed E-state index contributed by atoms with van der Waals surface area (Å²) in [6.45, 7) is 10.1. The zero-order valence-electron chi connectivity index (χ0n) is 13.5. The maximum absolute atomic E-state index is 4.30. The van der Waals surface area contributed by atoms with Crippen LogP contribution in [0, 0.1) is 0 Å². The molecule has 0 atom stereocenters. The molecule has 0 amide bonds. The molecule has 5 nitrogen and oxygen atoms in total. The standard InChI is InChI=1S/C16H29N5/c1-14(2)21-13-17-18-16(21)12-19-8-10-20(11-9-19)15-6-4-3-5-7-15/h13-15H,3-12H2,1-2H3. The van der Waals surface area contributed by atoms with E-state index in [4.69, 9.17) is 0 Å². The van der Waals surface area contributed by atoms with E-state index in [1.807, 2.05) is 6.33 Å². The van der Waals surface area contributed by atoms with Crippen LogP contribution in [0.25, 0.3) is 0 Å². The second kappa shape index (κ2) is 6.88. The summed E-state index contributed by atoms with van der Waals surface area (Å²) in [5.41, 5.74) is 0. The Morgan fingerprint density at radius 1 is 1.10 bits per heavy atom. The van der Waals surface area contributed by atoms with Gasteiger partial charge in [-0.05, 0) is 26.7 Å². The maximum Gasteiger partial charge on any atom is 0.147 e. The predicted molar refractivity (Wildman–Crippen MR) is 84.1 cm³/mol. The van der Waals surface area contributed by atoms with Crippen LogP contribution >= 0.6 is 0 Å². The van der Waals surface area contributed by atoms with Crippen LogP contribution in [0.2, 0.25) is 0 Å². The van der Waals surface area contributed by atoms with E-state index in [1.54, 1.807) is 0 Å². The summed E-state index contributed by atoms with van der Waals surface area (Å²) in [6.07, 6.45) is 9.01. The molecule has 0 N–H and O–H groups in total. The van der Waals surface area contributed by atoms with Gasteiger partial charge in [0.05, 0.1) is 6.54 Å². The minimum atomic E-state index is 0.443. The second-order valence-electron chi connectivity index (χ2n) is 6.85. The summed E-state index contributed by atoms with van der Waals surface area (Å²) >= 11 is 0. The van der Waals surface area contributed by atoms with Crippen LogP contribution in [0.15, 0.2) is 6.33 Å². The monoisotopic (exact) mass is 291 g/mol. The molecule has 2 fully saturated rings. The van der Waals surface area contributed by atoms with Crippen LogP contribution < -0.4 is 0 Å². The number of hydrogen-bond donors (Lipinski definition) is 0. The third kappa shape index (κ3) is 3.64. The molecule has 3 rings (SSSR count). The first-order chi connectivity index (χ1) is 10.2. The predicted octanol–water partition coefficient (Wildman–Crippen LogP) is 2.31. The molecule has 2 aliphatic rings. The van der Waals surface area contributed by atoms with E-state index in [1.165, 1.54) is 58.3 Å². The van der Waals surface area contributed by atoms with Crippen molar-refractivity contribution in [3.8, 4) is 0 Å². The smallest absolute Gasteiger partial charge is 0.147 e. The summed E-state index contributed by atoms with van der Waals surface area (Å²) in [6, 6.07) is 1.30. The van der Waals surface area contributed by atoms with Gasteiger partial charge in [0, 0.05) is 38.3 Å². The molecule has 0 spiro atoms.